The van der Waals surface area contributed by atoms with E-state index in [1.165, 1.54) is 38.9 Å². The molecule has 8 aromatic carbocycles. The van der Waals surface area contributed by atoms with E-state index in [9.17, 15) is 21.6 Å². The first-order chi connectivity index (χ1) is 29.6. The van der Waals surface area contributed by atoms with Crippen LogP contribution in [0.2, 0.25) is 0 Å². The number of thiophene rings is 3. The number of nitrogens with zero attached hydrogens (tertiary/aromatic N) is 2. The molecule has 0 bridgehead atoms. The fourth-order valence-electron chi connectivity index (χ4n) is 8.09. The van der Waals surface area contributed by atoms with Crippen molar-refractivity contribution < 1.29 is 25.8 Å². The van der Waals surface area contributed by atoms with Crippen LogP contribution in [0.5, 0.6) is 5.75 Å². The van der Waals surface area contributed by atoms with E-state index in [-0.39, 0.29) is 0 Å². The van der Waals surface area contributed by atoms with Crippen LogP contribution < -0.4 is 14.0 Å². The van der Waals surface area contributed by atoms with Gasteiger partial charge in [-0.25, -0.2) is 0 Å². The van der Waals surface area contributed by atoms with Crippen molar-refractivity contribution in [1.29, 1.82) is 0 Å². The Kier molecular flexibility index (Phi) is 8.83. The topological polar surface area (TPSA) is 49.9 Å². The highest BCUT2D eigenvalue weighted by atomic mass is 32.2. The lowest BCUT2D eigenvalue weighted by Crippen LogP contribution is -2.28. The van der Waals surface area contributed by atoms with E-state index in [0.29, 0.717) is 11.1 Å². The van der Waals surface area contributed by atoms with Gasteiger partial charge in [-0.3, -0.25) is 0 Å². The molecule has 0 aliphatic heterocycles. The van der Waals surface area contributed by atoms with Crippen LogP contribution in [0.1, 0.15) is 0 Å². The lowest BCUT2D eigenvalue weighted by atomic mass is 10.1. The average Bonchev–Trinajstić information content (AvgIpc) is 3.95. The third-order valence-electron chi connectivity index (χ3n) is 10.8. The summed E-state index contributed by atoms with van der Waals surface area (Å²) in [5.74, 6) is -0.455. The number of anilines is 6. The van der Waals surface area contributed by atoms with Crippen LogP contribution in [0.25, 0.3) is 60.5 Å². The number of para-hydroxylation sites is 2. The molecule has 0 fully saturated rings. The Balaban J connectivity index is 1.14. The van der Waals surface area contributed by atoms with Gasteiger partial charge in [-0.1, -0.05) is 84.9 Å². The fraction of sp³-hybridized carbons (Fsp3) is 0.0204. The number of hydrogen-bond acceptors (Lipinski definition) is 8. The quantitative estimate of drug-likeness (QED) is 0.112. The number of rotatable bonds is 8. The van der Waals surface area contributed by atoms with Gasteiger partial charge in [-0.2, -0.15) is 21.6 Å². The summed E-state index contributed by atoms with van der Waals surface area (Å²) in [7, 11) is -6.01. The SMILES string of the molecule is O=S(=O)(Oc1cc(N(c2ccccc2)c2ccc3c(c2)sc2ccccc23)c2sc3ccc(N(c4ccccc4)c4ccc5c(c4)sc4ccccc45)cc3c2c1)C(F)(F)F. The van der Waals surface area contributed by atoms with E-state index in [0.717, 1.165) is 68.1 Å². The molecular weight excluding hydrogens is 850 g/mol. The van der Waals surface area contributed by atoms with Gasteiger partial charge in [0.1, 0.15) is 5.75 Å². The Hall–Kier alpha value is -6.44. The molecule has 0 unspecified atom stereocenters. The van der Waals surface area contributed by atoms with E-state index >= 15 is 0 Å². The average molecular weight is 879 g/mol. The van der Waals surface area contributed by atoms with Crippen LogP contribution in [0, 0.1) is 0 Å². The third-order valence-corrected chi connectivity index (χ3v) is 15.2. The number of benzene rings is 8. The van der Waals surface area contributed by atoms with Crippen molar-refractivity contribution in [2.24, 2.45) is 0 Å². The van der Waals surface area contributed by atoms with Crippen molar-refractivity contribution in [2.45, 2.75) is 5.51 Å². The smallest absolute Gasteiger partial charge is 0.376 e. The minimum atomic E-state index is -6.01. The Morgan fingerprint density at radius 1 is 0.410 bits per heavy atom. The molecule has 0 aliphatic rings. The summed E-state index contributed by atoms with van der Waals surface area (Å²) in [6.45, 7) is 0. The van der Waals surface area contributed by atoms with Gasteiger partial charge in [-0.15, -0.1) is 34.0 Å². The number of halogens is 3. The number of hydrogen-bond donors (Lipinski definition) is 0. The van der Waals surface area contributed by atoms with E-state index in [4.69, 9.17) is 4.18 Å². The standard InChI is InChI=1S/C49H29F3N2O3S4/c50-49(51,52)61(55,56)57-35-28-41-40-25-32(53(30-11-3-1-4-12-30)33-19-22-38-36-15-7-9-17-43(36)58-46(38)26-33)21-24-45(40)60-48(41)42(29-35)54(31-13-5-2-6-14-31)34-20-23-39-37-16-8-10-18-44(37)59-47(39)27-34/h1-29H. The van der Waals surface area contributed by atoms with E-state index < -0.39 is 21.4 Å². The first-order valence-corrected chi connectivity index (χ1v) is 23.0. The molecular formula is C49H29F3N2O3S4. The monoisotopic (exact) mass is 878 g/mol. The third kappa shape index (κ3) is 6.45. The van der Waals surface area contributed by atoms with Gasteiger partial charge in [0.2, 0.25) is 0 Å². The van der Waals surface area contributed by atoms with Gasteiger partial charge in [0.15, 0.2) is 0 Å². The fourth-order valence-corrected chi connectivity index (χ4v) is 12.0. The summed E-state index contributed by atoms with van der Waals surface area (Å²) in [5.41, 5.74) is -1.05. The van der Waals surface area contributed by atoms with Crippen LogP contribution in [0.15, 0.2) is 176 Å². The maximum atomic E-state index is 13.9. The van der Waals surface area contributed by atoms with Crippen LogP contribution >= 0.6 is 34.0 Å². The maximum absolute atomic E-state index is 13.9. The molecule has 11 rings (SSSR count). The Morgan fingerprint density at radius 3 is 1.48 bits per heavy atom. The predicted molar refractivity (Wildman–Crippen MR) is 250 cm³/mol. The van der Waals surface area contributed by atoms with Gasteiger partial charge in [0, 0.05) is 90.3 Å². The summed E-state index contributed by atoms with van der Waals surface area (Å²) < 4.78 is 78.2. The molecule has 0 aliphatic carbocycles. The largest absolute Gasteiger partial charge is 0.534 e. The van der Waals surface area contributed by atoms with Crippen LogP contribution in [-0.4, -0.2) is 13.9 Å². The molecule has 3 heterocycles. The van der Waals surface area contributed by atoms with Crippen molar-refractivity contribution in [3.05, 3.63) is 176 Å². The summed E-state index contributed by atoms with van der Waals surface area (Å²) >= 11 is 4.86. The molecule has 0 radical (unpaired) electrons. The summed E-state index contributed by atoms with van der Waals surface area (Å²) in [6, 6.07) is 57.3. The van der Waals surface area contributed by atoms with Crippen molar-refractivity contribution in [2.75, 3.05) is 9.80 Å². The summed E-state index contributed by atoms with van der Waals surface area (Å²) in [4.78, 5) is 4.10. The zero-order valence-corrected chi connectivity index (χ0v) is 34.9. The zero-order valence-electron chi connectivity index (χ0n) is 31.6. The second kappa shape index (κ2) is 14.3. The molecule has 0 amide bonds. The maximum Gasteiger partial charge on any atom is 0.534 e. The van der Waals surface area contributed by atoms with Gasteiger partial charge in [-0.05, 0) is 84.9 Å². The molecule has 0 N–H and O–H groups in total. The molecule has 3 aromatic heterocycles. The Labute approximate surface area is 359 Å². The first-order valence-electron chi connectivity index (χ1n) is 19.1. The highest BCUT2D eigenvalue weighted by Crippen LogP contribution is 2.50. The summed E-state index contributed by atoms with van der Waals surface area (Å²) in [5, 5.41) is 5.85. The second-order valence-corrected chi connectivity index (χ2v) is 19.2. The zero-order chi connectivity index (χ0) is 41.5. The number of fused-ring (bicyclic) bond motifs is 9. The van der Waals surface area contributed by atoms with E-state index in [1.807, 2.05) is 114 Å². The molecule has 298 valence electrons. The van der Waals surface area contributed by atoms with Crippen LogP contribution in [-0.2, 0) is 10.1 Å². The molecule has 0 saturated carbocycles. The molecule has 0 spiro atoms. The minimum absolute atomic E-state index is 0.455. The second-order valence-electron chi connectivity index (χ2n) is 14.5. The molecule has 61 heavy (non-hydrogen) atoms. The molecule has 0 atom stereocenters. The van der Waals surface area contributed by atoms with Crippen molar-refractivity contribution in [3.8, 4) is 5.75 Å². The normalized spacial score (nSPS) is 12.3. The molecule has 0 saturated heterocycles. The molecule has 12 heteroatoms. The minimum Gasteiger partial charge on any atom is -0.376 e. The van der Waals surface area contributed by atoms with E-state index in [2.05, 4.69) is 59.5 Å². The van der Waals surface area contributed by atoms with Crippen LogP contribution in [0.3, 0.4) is 0 Å². The predicted octanol–water partition coefficient (Wildman–Crippen LogP) is 16.0. The summed E-state index contributed by atoms with van der Waals surface area (Å²) in [6.07, 6.45) is 0. The van der Waals surface area contributed by atoms with Gasteiger partial charge < -0.3 is 14.0 Å². The molecule has 5 nitrogen and oxygen atoms in total. The highest BCUT2D eigenvalue weighted by molar-refractivity contribution is 7.88. The number of alkyl halides is 3. The van der Waals surface area contributed by atoms with Gasteiger partial charge in [0.25, 0.3) is 0 Å². The van der Waals surface area contributed by atoms with Crippen molar-refractivity contribution in [1.82, 2.24) is 0 Å². The van der Waals surface area contributed by atoms with Gasteiger partial charge in [0.05, 0.1) is 10.4 Å². The lowest BCUT2D eigenvalue weighted by Gasteiger charge is -2.27. The van der Waals surface area contributed by atoms with E-state index in [1.54, 1.807) is 22.7 Å². The molecule has 11 aromatic rings. The van der Waals surface area contributed by atoms with Crippen molar-refractivity contribution >= 4 is 139 Å². The Bertz CT molecular complexity index is 3600. The van der Waals surface area contributed by atoms with Crippen LogP contribution in [0.4, 0.5) is 47.3 Å². The first kappa shape index (κ1) is 37.6. The van der Waals surface area contributed by atoms with Gasteiger partial charge >= 0.3 is 15.6 Å². The highest BCUT2D eigenvalue weighted by Gasteiger charge is 2.48. The Morgan fingerprint density at radius 2 is 0.885 bits per heavy atom. The lowest BCUT2D eigenvalue weighted by molar-refractivity contribution is -0.0500. The van der Waals surface area contributed by atoms with Crippen molar-refractivity contribution in [3.63, 3.8) is 0 Å².